The molecule has 5 aromatic rings. The lowest BCUT2D eigenvalue weighted by Crippen LogP contribution is -1.95. The van der Waals surface area contributed by atoms with E-state index in [9.17, 15) is 0 Å². The van der Waals surface area contributed by atoms with E-state index < -0.39 is 0 Å². The summed E-state index contributed by atoms with van der Waals surface area (Å²) in [5.74, 6) is 1.08. The summed E-state index contributed by atoms with van der Waals surface area (Å²) in [6.45, 7) is 0. The highest BCUT2D eigenvalue weighted by molar-refractivity contribution is 5.94. The van der Waals surface area contributed by atoms with E-state index in [2.05, 4.69) is 30.4 Å². The Morgan fingerprint density at radius 2 is 0.941 bits per heavy atom. The zero-order valence-corrected chi connectivity index (χ0v) is 17.8. The van der Waals surface area contributed by atoms with Crippen molar-refractivity contribution in [3.05, 3.63) is 66.7 Å². The first-order valence-corrected chi connectivity index (χ1v) is 10.2. The van der Waals surface area contributed by atoms with Gasteiger partial charge in [-0.05, 0) is 54.6 Å². The van der Waals surface area contributed by atoms with Crippen molar-refractivity contribution in [3.8, 4) is 0 Å². The van der Waals surface area contributed by atoms with Crippen molar-refractivity contribution >= 4 is 67.8 Å². The standard InChI is InChI=1S/C23H19N11/c24-20-7-5-16(22(26)29-20)33-31-14-3-1-12-9-13-2-4-15(11-19(13)28-18(12)10-14)32-34-17-6-8-21(25)30-23(17)27/h1-11H,(H4,24,26,29)(H4,25,27,30)/b33-31+,34-32+. The fourth-order valence-electron chi connectivity index (χ4n) is 3.28. The molecule has 0 fully saturated rings. The number of rotatable bonds is 4. The third-order valence-corrected chi connectivity index (χ3v) is 4.97. The molecule has 11 nitrogen and oxygen atoms in total. The summed E-state index contributed by atoms with van der Waals surface area (Å²) in [6.07, 6.45) is 0. The lowest BCUT2D eigenvalue weighted by atomic mass is 10.1. The van der Waals surface area contributed by atoms with Crippen LogP contribution in [0.1, 0.15) is 0 Å². The Kier molecular flexibility index (Phi) is 5.11. The maximum Gasteiger partial charge on any atom is 0.153 e. The number of fused-ring (bicyclic) bond motifs is 2. The highest BCUT2D eigenvalue weighted by Crippen LogP contribution is 2.29. The van der Waals surface area contributed by atoms with Gasteiger partial charge in [-0.1, -0.05) is 12.1 Å². The normalized spacial score (nSPS) is 11.8. The lowest BCUT2D eigenvalue weighted by molar-refractivity contribution is 1.21. The van der Waals surface area contributed by atoms with Crippen molar-refractivity contribution in [3.63, 3.8) is 0 Å². The number of hydrogen-bond acceptors (Lipinski definition) is 11. The summed E-state index contributed by atoms with van der Waals surface area (Å²) < 4.78 is 0. The minimum atomic E-state index is 0.215. The van der Waals surface area contributed by atoms with Crippen LogP contribution in [-0.4, -0.2) is 15.0 Å². The Hall–Kier alpha value is -5.19. The molecule has 5 rings (SSSR count). The van der Waals surface area contributed by atoms with Gasteiger partial charge in [0.1, 0.15) is 23.0 Å². The van der Waals surface area contributed by atoms with Gasteiger partial charge < -0.3 is 22.9 Å². The molecule has 0 amide bonds. The number of azo groups is 2. The van der Waals surface area contributed by atoms with E-state index in [1.54, 1.807) is 24.3 Å². The van der Waals surface area contributed by atoms with Gasteiger partial charge in [-0.2, -0.15) is 10.2 Å². The molecule has 2 aromatic carbocycles. The van der Waals surface area contributed by atoms with Crippen molar-refractivity contribution in [2.24, 2.45) is 20.5 Å². The summed E-state index contributed by atoms with van der Waals surface area (Å²) in [7, 11) is 0. The molecule has 3 heterocycles. The SMILES string of the molecule is Nc1ccc(/N=N/c2ccc3cc4ccc(/N=N/c5ccc(N)nc5N)cc4nc3c2)c(N)n1. The van der Waals surface area contributed by atoms with Crippen LogP contribution in [0.3, 0.4) is 0 Å². The van der Waals surface area contributed by atoms with Gasteiger partial charge in [0.2, 0.25) is 0 Å². The molecule has 0 aliphatic carbocycles. The van der Waals surface area contributed by atoms with E-state index in [0.29, 0.717) is 34.4 Å². The quantitative estimate of drug-likeness (QED) is 0.210. The molecule has 0 radical (unpaired) electrons. The molecule has 0 unspecified atom stereocenters. The number of pyridine rings is 3. The van der Waals surface area contributed by atoms with Crippen LogP contribution in [0.25, 0.3) is 21.8 Å². The zero-order valence-electron chi connectivity index (χ0n) is 17.8. The maximum absolute atomic E-state index is 5.84. The summed E-state index contributed by atoms with van der Waals surface area (Å²) in [5, 5.41) is 18.8. The molecule has 166 valence electrons. The fourth-order valence-corrected chi connectivity index (χ4v) is 3.28. The van der Waals surface area contributed by atoms with Gasteiger partial charge in [0.05, 0.1) is 22.4 Å². The monoisotopic (exact) mass is 449 g/mol. The van der Waals surface area contributed by atoms with Crippen LogP contribution in [0.2, 0.25) is 0 Å². The first kappa shape index (κ1) is 20.7. The molecule has 0 spiro atoms. The van der Waals surface area contributed by atoms with E-state index in [1.165, 1.54) is 0 Å². The molecule has 0 saturated carbocycles. The minimum Gasteiger partial charge on any atom is -0.384 e. The number of hydrogen-bond donors (Lipinski definition) is 4. The summed E-state index contributed by atoms with van der Waals surface area (Å²) >= 11 is 0. The zero-order chi connectivity index (χ0) is 23.7. The number of nitrogen functional groups attached to an aromatic ring is 4. The van der Waals surface area contributed by atoms with Crippen molar-refractivity contribution in [2.45, 2.75) is 0 Å². The van der Waals surface area contributed by atoms with Gasteiger partial charge in [0, 0.05) is 10.8 Å². The second-order valence-electron chi connectivity index (χ2n) is 7.42. The van der Waals surface area contributed by atoms with Crippen LogP contribution in [0.4, 0.5) is 46.0 Å². The molecule has 11 heteroatoms. The van der Waals surface area contributed by atoms with Crippen molar-refractivity contribution in [1.29, 1.82) is 0 Å². The lowest BCUT2D eigenvalue weighted by Gasteiger charge is -2.04. The summed E-state index contributed by atoms with van der Waals surface area (Å²) in [4.78, 5) is 12.7. The van der Waals surface area contributed by atoms with Gasteiger partial charge in [-0.25, -0.2) is 15.0 Å². The molecule has 8 N–H and O–H groups in total. The predicted molar refractivity (Wildman–Crippen MR) is 134 cm³/mol. The Morgan fingerprint density at radius 3 is 1.38 bits per heavy atom. The maximum atomic E-state index is 5.84. The van der Waals surface area contributed by atoms with Crippen molar-refractivity contribution < 1.29 is 0 Å². The highest BCUT2D eigenvalue weighted by Gasteiger charge is 2.05. The van der Waals surface area contributed by atoms with E-state index in [1.807, 2.05) is 42.5 Å². The van der Waals surface area contributed by atoms with Crippen molar-refractivity contribution in [1.82, 2.24) is 15.0 Å². The van der Waals surface area contributed by atoms with Gasteiger partial charge in [0.25, 0.3) is 0 Å². The third kappa shape index (κ3) is 4.25. The van der Waals surface area contributed by atoms with Crippen molar-refractivity contribution in [2.75, 3.05) is 22.9 Å². The number of nitrogens with two attached hydrogens (primary N) is 4. The van der Waals surface area contributed by atoms with Crippen LogP contribution in [0, 0.1) is 0 Å². The summed E-state index contributed by atoms with van der Waals surface area (Å²) in [6, 6.07) is 19.9. The first-order valence-electron chi connectivity index (χ1n) is 10.2. The van der Waals surface area contributed by atoms with E-state index in [-0.39, 0.29) is 11.6 Å². The molecule has 0 aliphatic rings. The second-order valence-corrected chi connectivity index (χ2v) is 7.42. The predicted octanol–water partition coefficient (Wildman–Crippen LogP) is 5.34. The Balaban J connectivity index is 1.46. The average Bonchev–Trinajstić information content (AvgIpc) is 2.81. The molecule has 34 heavy (non-hydrogen) atoms. The largest absolute Gasteiger partial charge is 0.384 e. The third-order valence-electron chi connectivity index (χ3n) is 4.97. The summed E-state index contributed by atoms with van der Waals surface area (Å²) in [5.41, 5.74) is 26.5. The number of benzene rings is 2. The van der Waals surface area contributed by atoms with Crippen LogP contribution in [0.5, 0.6) is 0 Å². The molecular formula is C23H19N11. The molecule has 0 atom stereocenters. The molecular weight excluding hydrogens is 430 g/mol. The average molecular weight is 449 g/mol. The van der Waals surface area contributed by atoms with E-state index >= 15 is 0 Å². The smallest absolute Gasteiger partial charge is 0.153 e. The van der Waals surface area contributed by atoms with Gasteiger partial charge in [-0.3, -0.25) is 0 Å². The highest BCUT2D eigenvalue weighted by atomic mass is 15.1. The van der Waals surface area contributed by atoms with E-state index in [4.69, 9.17) is 27.9 Å². The number of nitrogens with zero attached hydrogens (tertiary/aromatic N) is 7. The van der Waals surface area contributed by atoms with Crippen LogP contribution in [-0.2, 0) is 0 Å². The van der Waals surface area contributed by atoms with Crippen LogP contribution >= 0.6 is 0 Å². The van der Waals surface area contributed by atoms with Crippen LogP contribution < -0.4 is 22.9 Å². The van der Waals surface area contributed by atoms with Gasteiger partial charge >= 0.3 is 0 Å². The Morgan fingerprint density at radius 1 is 0.471 bits per heavy atom. The number of anilines is 4. The Labute approximate surface area is 193 Å². The molecule has 3 aromatic heterocycles. The minimum absolute atomic E-state index is 0.215. The molecule has 0 aliphatic heterocycles. The topological polar surface area (TPSA) is 192 Å². The van der Waals surface area contributed by atoms with Gasteiger partial charge in [0.15, 0.2) is 11.6 Å². The second kappa shape index (κ2) is 8.39. The van der Waals surface area contributed by atoms with Gasteiger partial charge in [-0.15, -0.1) is 10.2 Å². The van der Waals surface area contributed by atoms with Crippen LogP contribution in [0.15, 0.2) is 87.2 Å². The fraction of sp³-hybridized carbons (Fsp3) is 0. The Bertz CT molecular complexity index is 1490. The number of aromatic nitrogens is 3. The molecule has 0 saturated heterocycles. The first-order chi connectivity index (χ1) is 16.4. The molecule has 0 bridgehead atoms. The van der Waals surface area contributed by atoms with E-state index in [0.717, 1.165) is 21.8 Å².